The molecular formula is C14H16N2O2. The molecule has 0 atom stereocenters. The number of ether oxygens (including phenoxy) is 1. The van der Waals surface area contributed by atoms with Crippen LogP contribution in [0.15, 0.2) is 30.8 Å². The first-order chi connectivity index (χ1) is 8.37. The SMILES string of the molecule is C=Cc1ccc(C(=[N+]=[N-])C(=O)OC(C)(C)C)cc1. The van der Waals surface area contributed by atoms with Crippen LogP contribution in [0.3, 0.4) is 0 Å². The molecule has 0 aliphatic rings. The maximum absolute atomic E-state index is 11.8. The van der Waals surface area contributed by atoms with E-state index in [1.165, 1.54) is 0 Å². The van der Waals surface area contributed by atoms with Crippen LogP contribution in [0.5, 0.6) is 0 Å². The van der Waals surface area contributed by atoms with Crippen molar-refractivity contribution in [2.45, 2.75) is 26.4 Å². The zero-order valence-corrected chi connectivity index (χ0v) is 10.8. The second-order valence-electron chi connectivity index (χ2n) is 4.78. The van der Waals surface area contributed by atoms with E-state index in [1.807, 2.05) is 0 Å². The first-order valence-electron chi connectivity index (χ1n) is 5.55. The van der Waals surface area contributed by atoms with Crippen LogP contribution < -0.4 is 0 Å². The van der Waals surface area contributed by atoms with Crippen LogP contribution in [-0.4, -0.2) is 22.1 Å². The summed E-state index contributed by atoms with van der Waals surface area (Å²) in [5.74, 6) is -0.656. The van der Waals surface area contributed by atoms with Gasteiger partial charge in [0, 0.05) is 0 Å². The van der Waals surface area contributed by atoms with Crippen LogP contribution >= 0.6 is 0 Å². The fourth-order valence-corrected chi connectivity index (χ4v) is 1.32. The normalized spacial score (nSPS) is 10.4. The predicted octanol–water partition coefficient (Wildman–Crippen LogP) is 2.69. The highest BCUT2D eigenvalue weighted by Gasteiger charge is 2.28. The van der Waals surface area contributed by atoms with E-state index in [-0.39, 0.29) is 5.71 Å². The zero-order valence-electron chi connectivity index (χ0n) is 10.8. The lowest BCUT2D eigenvalue weighted by Crippen LogP contribution is -2.30. The van der Waals surface area contributed by atoms with Gasteiger partial charge in [-0.3, -0.25) is 0 Å². The third kappa shape index (κ3) is 3.68. The Bertz CT molecular complexity index is 504. The minimum atomic E-state index is -0.656. The highest BCUT2D eigenvalue weighted by Crippen LogP contribution is 2.11. The van der Waals surface area contributed by atoms with Gasteiger partial charge in [0.25, 0.3) is 0 Å². The summed E-state index contributed by atoms with van der Waals surface area (Å²) in [6.45, 7) is 8.89. The van der Waals surface area contributed by atoms with Gasteiger partial charge >= 0.3 is 11.7 Å². The van der Waals surface area contributed by atoms with Crippen LogP contribution in [0.4, 0.5) is 0 Å². The quantitative estimate of drug-likeness (QED) is 0.355. The molecule has 0 unspecified atom stereocenters. The lowest BCUT2D eigenvalue weighted by atomic mass is 10.1. The summed E-state index contributed by atoms with van der Waals surface area (Å²) in [5.41, 5.74) is 9.61. The van der Waals surface area contributed by atoms with Gasteiger partial charge in [-0.1, -0.05) is 24.8 Å². The Kier molecular flexibility index (Phi) is 4.18. The van der Waals surface area contributed by atoms with Crippen LogP contribution in [-0.2, 0) is 9.53 Å². The van der Waals surface area contributed by atoms with Gasteiger partial charge in [-0.05, 0) is 38.5 Å². The molecule has 0 saturated carbocycles. The summed E-state index contributed by atoms with van der Waals surface area (Å²) in [6, 6.07) is 6.90. The summed E-state index contributed by atoms with van der Waals surface area (Å²) in [5, 5.41) is 0. The Morgan fingerprint density at radius 2 is 1.89 bits per heavy atom. The second kappa shape index (κ2) is 5.43. The molecule has 0 aromatic heterocycles. The molecular weight excluding hydrogens is 228 g/mol. The number of hydrogen-bond donors (Lipinski definition) is 0. The first kappa shape index (κ1) is 13.9. The molecule has 1 aromatic carbocycles. The van der Waals surface area contributed by atoms with E-state index in [4.69, 9.17) is 10.3 Å². The molecule has 94 valence electrons. The van der Waals surface area contributed by atoms with Gasteiger partial charge in [-0.25, -0.2) is 4.79 Å². The molecule has 1 aromatic rings. The number of esters is 1. The van der Waals surface area contributed by atoms with Crippen LogP contribution in [0.1, 0.15) is 31.9 Å². The Labute approximate surface area is 107 Å². The maximum atomic E-state index is 11.8. The van der Waals surface area contributed by atoms with E-state index in [0.717, 1.165) is 5.56 Å². The Morgan fingerprint density at radius 3 is 2.28 bits per heavy atom. The lowest BCUT2D eigenvalue weighted by Gasteiger charge is -2.17. The first-order valence-corrected chi connectivity index (χ1v) is 5.55. The molecule has 0 N–H and O–H groups in total. The maximum Gasteiger partial charge on any atom is 0.422 e. The predicted molar refractivity (Wildman–Crippen MR) is 70.1 cm³/mol. The van der Waals surface area contributed by atoms with Gasteiger partial charge in [-0.2, -0.15) is 4.79 Å². The van der Waals surface area contributed by atoms with Crippen molar-refractivity contribution in [3.05, 3.63) is 47.5 Å². The average Bonchev–Trinajstić information content (AvgIpc) is 2.28. The van der Waals surface area contributed by atoms with Gasteiger partial charge in [-0.15, -0.1) is 0 Å². The van der Waals surface area contributed by atoms with Crippen LogP contribution in [0.2, 0.25) is 0 Å². The molecule has 0 spiro atoms. The third-order valence-corrected chi connectivity index (χ3v) is 2.11. The summed E-state index contributed by atoms with van der Waals surface area (Å²) in [6.07, 6.45) is 1.69. The molecule has 0 aliphatic heterocycles. The van der Waals surface area contributed by atoms with E-state index in [1.54, 1.807) is 51.1 Å². The van der Waals surface area contributed by atoms with Gasteiger partial charge in [0.1, 0.15) is 5.60 Å². The molecule has 4 nitrogen and oxygen atoms in total. The van der Waals surface area contributed by atoms with Crippen molar-refractivity contribution in [1.82, 2.24) is 0 Å². The summed E-state index contributed by atoms with van der Waals surface area (Å²) in [7, 11) is 0. The van der Waals surface area contributed by atoms with Crippen molar-refractivity contribution >= 4 is 17.8 Å². The topological polar surface area (TPSA) is 62.7 Å². The molecule has 0 radical (unpaired) electrons. The molecule has 18 heavy (non-hydrogen) atoms. The van der Waals surface area contributed by atoms with E-state index < -0.39 is 11.6 Å². The number of carbonyl (C=O) groups excluding carboxylic acids is 1. The molecule has 0 amide bonds. The van der Waals surface area contributed by atoms with Crippen molar-refractivity contribution in [1.29, 1.82) is 0 Å². The fraction of sp³-hybridized carbons (Fsp3) is 0.286. The molecule has 4 heteroatoms. The van der Waals surface area contributed by atoms with Gasteiger partial charge in [0.2, 0.25) is 0 Å². The summed E-state index contributed by atoms with van der Waals surface area (Å²) >= 11 is 0. The van der Waals surface area contributed by atoms with Crippen molar-refractivity contribution < 1.29 is 14.3 Å². The minimum absolute atomic E-state index is 0.111. The Morgan fingerprint density at radius 1 is 1.33 bits per heavy atom. The Balaban J connectivity index is 3.00. The minimum Gasteiger partial charge on any atom is -0.451 e. The third-order valence-electron chi connectivity index (χ3n) is 2.11. The van der Waals surface area contributed by atoms with E-state index in [2.05, 4.69) is 11.4 Å². The van der Waals surface area contributed by atoms with E-state index >= 15 is 0 Å². The van der Waals surface area contributed by atoms with Crippen molar-refractivity contribution in [2.24, 2.45) is 0 Å². The zero-order chi connectivity index (χ0) is 13.8. The number of carbonyl (C=O) groups is 1. The van der Waals surface area contributed by atoms with Crippen molar-refractivity contribution in [3.63, 3.8) is 0 Å². The summed E-state index contributed by atoms with van der Waals surface area (Å²) < 4.78 is 5.15. The Hall–Kier alpha value is -2.19. The van der Waals surface area contributed by atoms with E-state index in [0.29, 0.717) is 5.56 Å². The van der Waals surface area contributed by atoms with Crippen molar-refractivity contribution in [3.8, 4) is 0 Å². The van der Waals surface area contributed by atoms with Gasteiger partial charge in [0.05, 0.1) is 5.56 Å². The molecule has 0 fully saturated rings. The lowest BCUT2D eigenvalue weighted by molar-refractivity contribution is -0.150. The largest absolute Gasteiger partial charge is 0.451 e. The average molecular weight is 244 g/mol. The second-order valence-corrected chi connectivity index (χ2v) is 4.78. The molecule has 1 rings (SSSR count). The molecule has 0 heterocycles. The number of rotatable bonds is 3. The molecule has 0 saturated heterocycles. The monoisotopic (exact) mass is 244 g/mol. The van der Waals surface area contributed by atoms with Crippen LogP contribution in [0, 0.1) is 0 Å². The fourth-order valence-electron chi connectivity index (χ4n) is 1.32. The number of nitrogens with zero attached hydrogens (tertiary/aromatic N) is 2. The van der Waals surface area contributed by atoms with Gasteiger partial charge < -0.3 is 10.3 Å². The summed E-state index contributed by atoms with van der Waals surface area (Å²) in [4.78, 5) is 14.8. The van der Waals surface area contributed by atoms with E-state index in [9.17, 15) is 4.79 Å². The number of hydrogen-bond acceptors (Lipinski definition) is 2. The standard InChI is InChI=1S/C14H16N2O2/c1-5-10-6-8-11(9-7-10)12(16-15)13(17)18-14(2,3)4/h5-9H,1H2,2-4H3. The highest BCUT2D eigenvalue weighted by molar-refractivity contribution is 6.40. The molecule has 0 aliphatic carbocycles. The molecule has 0 bridgehead atoms. The van der Waals surface area contributed by atoms with Crippen LogP contribution in [0.25, 0.3) is 11.6 Å². The smallest absolute Gasteiger partial charge is 0.422 e. The van der Waals surface area contributed by atoms with Crippen molar-refractivity contribution in [2.75, 3.05) is 0 Å². The highest BCUT2D eigenvalue weighted by atomic mass is 16.6. The van der Waals surface area contributed by atoms with Gasteiger partial charge in [0.15, 0.2) is 0 Å². The number of benzene rings is 1.